The van der Waals surface area contributed by atoms with Crippen LogP contribution in [0.3, 0.4) is 0 Å². The van der Waals surface area contributed by atoms with Gasteiger partial charge in [-0.2, -0.15) is 10.1 Å². The van der Waals surface area contributed by atoms with Gasteiger partial charge in [0.05, 0.1) is 0 Å². The first-order valence-corrected chi connectivity index (χ1v) is 7.37. The zero-order chi connectivity index (χ0) is 16.4. The maximum absolute atomic E-state index is 12.8. The van der Waals surface area contributed by atoms with E-state index in [0.29, 0.717) is 17.5 Å². The van der Waals surface area contributed by atoms with Crippen molar-refractivity contribution in [3.8, 4) is 5.75 Å². The first kappa shape index (κ1) is 15.2. The molecule has 0 fully saturated rings. The molecular formula is C17H17N3O3. The number of hydrogen-bond acceptors (Lipinski definition) is 5. The summed E-state index contributed by atoms with van der Waals surface area (Å²) in [7, 11) is 0. The Labute approximate surface area is 133 Å². The van der Waals surface area contributed by atoms with Gasteiger partial charge in [-0.1, -0.05) is 6.92 Å². The monoisotopic (exact) mass is 311 g/mol. The highest BCUT2D eigenvalue weighted by Gasteiger charge is 2.45. The van der Waals surface area contributed by atoms with Gasteiger partial charge in [0.1, 0.15) is 5.75 Å². The molecule has 1 amide bonds. The van der Waals surface area contributed by atoms with Crippen LogP contribution in [0.1, 0.15) is 35.7 Å². The third-order valence-electron chi connectivity index (χ3n) is 3.90. The van der Waals surface area contributed by atoms with Crippen molar-refractivity contribution >= 4 is 11.6 Å². The molecule has 0 saturated carbocycles. The summed E-state index contributed by atoms with van der Waals surface area (Å²) in [5, 5.41) is 25.9. The number of phenolic OH excluding ortho intramolecular Hbond substituents is 1. The third kappa shape index (κ3) is 2.68. The normalized spacial score (nSPS) is 20.4. The number of aliphatic hydroxyl groups is 1. The maximum Gasteiger partial charge on any atom is 0.276 e. The minimum atomic E-state index is -1.52. The predicted octanol–water partition coefficient (Wildman–Crippen LogP) is 2.24. The molecule has 6 nitrogen and oxygen atoms in total. The van der Waals surface area contributed by atoms with Crippen LogP contribution in [0, 0.1) is 0 Å². The van der Waals surface area contributed by atoms with Crippen LogP contribution in [0.4, 0.5) is 0 Å². The van der Waals surface area contributed by atoms with Crippen LogP contribution >= 0.6 is 0 Å². The molecule has 1 atom stereocenters. The van der Waals surface area contributed by atoms with E-state index in [9.17, 15) is 15.0 Å². The Morgan fingerprint density at radius 1 is 1.22 bits per heavy atom. The molecule has 0 spiro atoms. The number of carbonyl (C=O) groups excluding carboxylic acids is 1. The van der Waals surface area contributed by atoms with Crippen molar-refractivity contribution < 1.29 is 15.0 Å². The summed E-state index contributed by atoms with van der Waals surface area (Å²) in [6.45, 7) is 1.93. The van der Waals surface area contributed by atoms with Gasteiger partial charge < -0.3 is 10.2 Å². The van der Waals surface area contributed by atoms with E-state index in [4.69, 9.17) is 0 Å². The van der Waals surface area contributed by atoms with Gasteiger partial charge in [0.2, 0.25) is 0 Å². The van der Waals surface area contributed by atoms with Crippen molar-refractivity contribution in [2.75, 3.05) is 0 Å². The molecule has 0 bridgehead atoms. The van der Waals surface area contributed by atoms with Crippen molar-refractivity contribution in [2.24, 2.45) is 5.10 Å². The number of phenols is 1. The Morgan fingerprint density at radius 3 is 2.48 bits per heavy atom. The van der Waals surface area contributed by atoms with Gasteiger partial charge >= 0.3 is 0 Å². The van der Waals surface area contributed by atoms with Crippen LogP contribution in [-0.2, 0) is 5.72 Å². The van der Waals surface area contributed by atoms with E-state index in [2.05, 4.69) is 10.1 Å². The maximum atomic E-state index is 12.8. The fourth-order valence-electron chi connectivity index (χ4n) is 2.60. The lowest BCUT2D eigenvalue weighted by atomic mass is 9.97. The molecule has 118 valence electrons. The molecule has 2 aromatic rings. The van der Waals surface area contributed by atoms with Crippen LogP contribution < -0.4 is 0 Å². The van der Waals surface area contributed by atoms with E-state index in [1.807, 2.05) is 6.92 Å². The molecule has 3 rings (SSSR count). The summed E-state index contributed by atoms with van der Waals surface area (Å²) in [6, 6.07) is 9.21. The predicted molar refractivity (Wildman–Crippen MR) is 84.8 cm³/mol. The highest BCUT2D eigenvalue weighted by atomic mass is 16.3. The summed E-state index contributed by atoms with van der Waals surface area (Å²) >= 11 is 0. The van der Waals surface area contributed by atoms with Gasteiger partial charge in [0, 0.05) is 35.7 Å². The summed E-state index contributed by atoms with van der Waals surface area (Å²) in [6.07, 6.45) is 4.05. The van der Waals surface area contributed by atoms with Gasteiger partial charge in [-0.05, 0) is 42.8 Å². The number of aromatic nitrogens is 1. The molecule has 0 radical (unpaired) electrons. The molecule has 1 aromatic carbocycles. The number of pyridine rings is 1. The van der Waals surface area contributed by atoms with Crippen LogP contribution in [0.15, 0.2) is 53.9 Å². The quantitative estimate of drug-likeness (QED) is 0.910. The third-order valence-corrected chi connectivity index (χ3v) is 3.90. The smallest absolute Gasteiger partial charge is 0.276 e. The standard InChI is InChI=1S/C17H17N3O3/c1-2-14-11-17(23,13-7-9-18-10-8-13)20(19-14)16(22)12-3-5-15(21)6-4-12/h3-10,21,23H,2,11H2,1H3. The SMILES string of the molecule is CCC1=NN(C(=O)c2ccc(O)cc2)C(O)(c2ccncc2)C1. The summed E-state index contributed by atoms with van der Waals surface area (Å²) < 4.78 is 0. The molecule has 1 unspecified atom stereocenters. The molecule has 2 heterocycles. The Morgan fingerprint density at radius 2 is 1.87 bits per heavy atom. The Bertz CT molecular complexity index is 743. The van der Waals surface area contributed by atoms with E-state index in [1.165, 1.54) is 24.3 Å². The van der Waals surface area contributed by atoms with E-state index in [-0.39, 0.29) is 12.2 Å². The first-order valence-electron chi connectivity index (χ1n) is 7.37. The van der Waals surface area contributed by atoms with E-state index < -0.39 is 11.6 Å². The lowest BCUT2D eigenvalue weighted by Gasteiger charge is -2.31. The van der Waals surface area contributed by atoms with Crippen LogP contribution in [0.2, 0.25) is 0 Å². The average molecular weight is 311 g/mol. The Balaban J connectivity index is 2.01. The molecule has 1 aromatic heterocycles. The Hall–Kier alpha value is -2.73. The number of rotatable bonds is 3. The zero-order valence-electron chi connectivity index (χ0n) is 12.7. The topological polar surface area (TPSA) is 86.0 Å². The minimum Gasteiger partial charge on any atom is -0.508 e. The summed E-state index contributed by atoms with van der Waals surface area (Å²) in [5.74, 6) is -0.349. The van der Waals surface area contributed by atoms with Gasteiger partial charge in [-0.25, -0.2) is 0 Å². The molecule has 2 N–H and O–H groups in total. The first-order chi connectivity index (χ1) is 11.0. The number of hydrazone groups is 1. The molecule has 0 aliphatic carbocycles. The molecule has 23 heavy (non-hydrogen) atoms. The summed E-state index contributed by atoms with van der Waals surface area (Å²) in [5.41, 5.74) is 0.128. The number of carbonyl (C=O) groups is 1. The van der Waals surface area contributed by atoms with Crippen molar-refractivity contribution in [1.29, 1.82) is 0 Å². The number of nitrogens with zero attached hydrogens (tertiary/aromatic N) is 3. The van der Waals surface area contributed by atoms with Gasteiger partial charge in [-0.15, -0.1) is 0 Å². The Kier molecular flexibility index (Phi) is 3.83. The van der Waals surface area contributed by atoms with E-state index in [0.717, 1.165) is 10.7 Å². The molecule has 1 aliphatic rings. The largest absolute Gasteiger partial charge is 0.508 e. The second-order valence-corrected chi connectivity index (χ2v) is 5.41. The van der Waals surface area contributed by atoms with Crippen molar-refractivity contribution in [3.05, 3.63) is 59.9 Å². The van der Waals surface area contributed by atoms with Crippen molar-refractivity contribution in [2.45, 2.75) is 25.5 Å². The zero-order valence-corrected chi connectivity index (χ0v) is 12.7. The fraction of sp³-hybridized carbons (Fsp3) is 0.235. The fourth-order valence-corrected chi connectivity index (χ4v) is 2.60. The molecule has 6 heteroatoms. The van der Waals surface area contributed by atoms with Gasteiger partial charge in [-0.3, -0.25) is 9.78 Å². The average Bonchev–Trinajstić information content (AvgIpc) is 2.94. The number of amides is 1. The van der Waals surface area contributed by atoms with Crippen LogP contribution in [0.5, 0.6) is 5.75 Å². The highest BCUT2D eigenvalue weighted by Crippen LogP contribution is 2.36. The number of aromatic hydroxyl groups is 1. The van der Waals surface area contributed by atoms with Crippen molar-refractivity contribution in [3.63, 3.8) is 0 Å². The van der Waals surface area contributed by atoms with E-state index in [1.54, 1.807) is 24.5 Å². The van der Waals surface area contributed by atoms with E-state index >= 15 is 0 Å². The minimum absolute atomic E-state index is 0.0742. The number of benzene rings is 1. The van der Waals surface area contributed by atoms with Crippen LogP contribution in [0.25, 0.3) is 0 Å². The number of hydrogen-bond donors (Lipinski definition) is 2. The van der Waals surface area contributed by atoms with Gasteiger partial charge in [0.25, 0.3) is 5.91 Å². The second-order valence-electron chi connectivity index (χ2n) is 5.41. The molecule has 1 aliphatic heterocycles. The highest BCUT2D eigenvalue weighted by molar-refractivity contribution is 5.98. The molecule has 0 saturated heterocycles. The van der Waals surface area contributed by atoms with Crippen molar-refractivity contribution in [1.82, 2.24) is 9.99 Å². The molecular weight excluding hydrogens is 294 g/mol. The summed E-state index contributed by atoms with van der Waals surface area (Å²) in [4.78, 5) is 16.7. The second kappa shape index (κ2) is 5.81. The lowest BCUT2D eigenvalue weighted by Crippen LogP contribution is -2.43. The van der Waals surface area contributed by atoms with Gasteiger partial charge in [0.15, 0.2) is 5.72 Å². The van der Waals surface area contributed by atoms with Crippen LogP contribution in [-0.4, -0.2) is 31.8 Å². The lowest BCUT2D eigenvalue weighted by molar-refractivity contribution is -0.0766.